The number of anilines is 2. The fourth-order valence-corrected chi connectivity index (χ4v) is 2.19. The van der Waals surface area contributed by atoms with Crippen LogP contribution < -0.4 is 15.4 Å². The number of aryl methyl sites for hydroxylation is 1. The molecule has 1 aromatic heterocycles. The second-order valence-electron chi connectivity index (χ2n) is 5.13. The van der Waals surface area contributed by atoms with Gasteiger partial charge < -0.3 is 20.1 Å². The Morgan fingerprint density at radius 2 is 1.74 bits per heavy atom. The molecule has 1 aromatic carbocycles. The highest BCUT2D eigenvalue weighted by molar-refractivity contribution is 5.47. The summed E-state index contributed by atoms with van der Waals surface area (Å²) in [5.41, 5.74) is 1.22. The summed E-state index contributed by atoms with van der Waals surface area (Å²) in [5.74, 6) is 3.24. The summed E-state index contributed by atoms with van der Waals surface area (Å²) >= 11 is 0. The molecule has 0 saturated carbocycles. The second kappa shape index (κ2) is 8.95. The van der Waals surface area contributed by atoms with Gasteiger partial charge in [-0.15, -0.1) is 0 Å². The van der Waals surface area contributed by atoms with E-state index < -0.39 is 0 Å². The molecule has 0 aliphatic carbocycles. The number of nitrogens with zero attached hydrogens (tertiary/aromatic N) is 2. The quantitative estimate of drug-likeness (QED) is 0.693. The van der Waals surface area contributed by atoms with Crippen molar-refractivity contribution in [2.24, 2.45) is 0 Å². The summed E-state index contributed by atoms with van der Waals surface area (Å²) in [7, 11) is 3.36. The molecule has 0 radical (unpaired) electrons. The third kappa shape index (κ3) is 5.75. The van der Waals surface area contributed by atoms with Gasteiger partial charge in [0.05, 0.1) is 13.7 Å². The van der Waals surface area contributed by atoms with Crippen molar-refractivity contribution in [3.63, 3.8) is 0 Å². The van der Waals surface area contributed by atoms with Gasteiger partial charge in [0.1, 0.15) is 23.2 Å². The monoisotopic (exact) mass is 316 g/mol. The first-order valence-electron chi connectivity index (χ1n) is 7.66. The highest BCUT2D eigenvalue weighted by Crippen LogP contribution is 2.14. The molecule has 6 heteroatoms. The predicted octanol–water partition coefficient (Wildman–Crippen LogP) is 2.51. The molecule has 2 rings (SSSR count). The Hall–Kier alpha value is -2.34. The number of methoxy groups -OCH3 is 2. The van der Waals surface area contributed by atoms with Crippen LogP contribution in [0.5, 0.6) is 5.75 Å². The van der Waals surface area contributed by atoms with Gasteiger partial charge >= 0.3 is 0 Å². The molecule has 2 aromatic rings. The summed E-state index contributed by atoms with van der Waals surface area (Å²) in [6.07, 6.45) is 0.896. The summed E-state index contributed by atoms with van der Waals surface area (Å²) in [6, 6.07) is 10.00. The van der Waals surface area contributed by atoms with E-state index in [2.05, 4.69) is 26.7 Å². The lowest BCUT2D eigenvalue weighted by molar-refractivity contribution is 0.210. The molecule has 0 aliphatic rings. The Kier molecular flexibility index (Phi) is 6.62. The molecule has 0 bridgehead atoms. The smallest absolute Gasteiger partial charge is 0.131 e. The van der Waals surface area contributed by atoms with Gasteiger partial charge in [-0.3, -0.25) is 0 Å². The normalized spacial score (nSPS) is 10.4. The van der Waals surface area contributed by atoms with Gasteiger partial charge in [-0.25, -0.2) is 9.97 Å². The third-order valence-corrected chi connectivity index (χ3v) is 3.30. The van der Waals surface area contributed by atoms with Crippen molar-refractivity contribution in [3.8, 4) is 5.75 Å². The zero-order valence-corrected chi connectivity index (χ0v) is 13.9. The van der Waals surface area contributed by atoms with Crippen LogP contribution in [0.3, 0.4) is 0 Å². The minimum atomic E-state index is 0.641. The molecular formula is C17H24N4O2. The van der Waals surface area contributed by atoms with Crippen molar-refractivity contribution < 1.29 is 9.47 Å². The standard InChI is InChI=1S/C17H24N4O2/c1-13-20-16(12-17(21-13)19-9-10-22-2)18-8-7-14-5-4-6-15(11-14)23-3/h4-6,11-12H,7-10H2,1-3H3,(H2,18,19,20,21). The number of hydrogen-bond acceptors (Lipinski definition) is 6. The zero-order valence-electron chi connectivity index (χ0n) is 13.9. The van der Waals surface area contributed by atoms with Gasteiger partial charge in [0, 0.05) is 26.3 Å². The van der Waals surface area contributed by atoms with Crippen LogP contribution in [0.25, 0.3) is 0 Å². The zero-order chi connectivity index (χ0) is 16.5. The van der Waals surface area contributed by atoms with Gasteiger partial charge in [-0.2, -0.15) is 0 Å². The lowest BCUT2D eigenvalue weighted by atomic mass is 10.1. The van der Waals surface area contributed by atoms with E-state index in [9.17, 15) is 0 Å². The molecule has 1 heterocycles. The molecule has 0 spiro atoms. The summed E-state index contributed by atoms with van der Waals surface area (Å²) in [6.45, 7) is 4.04. The first-order chi connectivity index (χ1) is 11.2. The van der Waals surface area contributed by atoms with E-state index in [1.165, 1.54) is 5.56 Å². The van der Waals surface area contributed by atoms with Crippen molar-refractivity contribution in [2.45, 2.75) is 13.3 Å². The van der Waals surface area contributed by atoms with Gasteiger partial charge in [-0.1, -0.05) is 12.1 Å². The van der Waals surface area contributed by atoms with Crippen molar-refractivity contribution in [2.75, 3.05) is 44.5 Å². The Morgan fingerprint density at radius 1 is 1.00 bits per heavy atom. The second-order valence-corrected chi connectivity index (χ2v) is 5.13. The average molecular weight is 316 g/mol. The molecule has 0 fully saturated rings. The molecular weight excluding hydrogens is 292 g/mol. The largest absolute Gasteiger partial charge is 0.497 e. The van der Waals surface area contributed by atoms with Crippen LogP contribution in [0.1, 0.15) is 11.4 Å². The van der Waals surface area contributed by atoms with E-state index in [1.807, 2.05) is 31.2 Å². The summed E-state index contributed by atoms with van der Waals surface area (Å²) in [5, 5.41) is 6.56. The molecule has 124 valence electrons. The number of rotatable bonds is 9. The van der Waals surface area contributed by atoms with Crippen molar-refractivity contribution in [3.05, 3.63) is 41.7 Å². The van der Waals surface area contributed by atoms with Gasteiger partial charge in [0.2, 0.25) is 0 Å². The molecule has 0 unspecified atom stereocenters. The van der Waals surface area contributed by atoms with Gasteiger partial charge in [-0.05, 0) is 31.0 Å². The number of benzene rings is 1. The van der Waals surface area contributed by atoms with E-state index in [1.54, 1.807) is 14.2 Å². The lowest BCUT2D eigenvalue weighted by Crippen LogP contribution is -2.12. The minimum Gasteiger partial charge on any atom is -0.497 e. The van der Waals surface area contributed by atoms with E-state index in [0.717, 1.165) is 42.7 Å². The number of aromatic nitrogens is 2. The number of nitrogens with one attached hydrogen (secondary N) is 2. The lowest BCUT2D eigenvalue weighted by Gasteiger charge is -2.10. The SMILES string of the molecule is COCCNc1cc(NCCc2cccc(OC)c2)nc(C)n1. The minimum absolute atomic E-state index is 0.641. The van der Waals surface area contributed by atoms with Crippen LogP contribution in [-0.2, 0) is 11.2 Å². The maximum atomic E-state index is 5.24. The Bertz CT molecular complexity index is 619. The fourth-order valence-electron chi connectivity index (χ4n) is 2.19. The van der Waals surface area contributed by atoms with E-state index in [0.29, 0.717) is 6.61 Å². The number of ether oxygens (including phenoxy) is 2. The average Bonchev–Trinajstić information content (AvgIpc) is 2.55. The van der Waals surface area contributed by atoms with Crippen molar-refractivity contribution in [1.29, 1.82) is 0 Å². The summed E-state index contributed by atoms with van der Waals surface area (Å²) < 4.78 is 10.3. The van der Waals surface area contributed by atoms with Gasteiger partial charge in [0.15, 0.2) is 0 Å². The Morgan fingerprint density at radius 3 is 2.43 bits per heavy atom. The highest BCUT2D eigenvalue weighted by Gasteiger charge is 2.02. The van der Waals surface area contributed by atoms with Crippen molar-refractivity contribution >= 4 is 11.6 Å². The summed E-state index contributed by atoms with van der Waals surface area (Å²) in [4.78, 5) is 8.77. The first kappa shape index (κ1) is 17.0. The van der Waals surface area contributed by atoms with Crippen LogP contribution in [-0.4, -0.2) is 43.9 Å². The highest BCUT2D eigenvalue weighted by atomic mass is 16.5. The first-order valence-corrected chi connectivity index (χ1v) is 7.66. The maximum Gasteiger partial charge on any atom is 0.131 e. The van der Waals surface area contributed by atoms with Gasteiger partial charge in [0.25, 0.3) is 0 Å². The van der Waals surface area contributed by atoms with Crippen LogP contribution in [0.4, 0.5) is 11.6 Å². The van der Waals surface area contributed by atoms with Crippen LogP contribution in [0.2, 0.25) is 0 Å². The topological polar surface area (TPSA) is 68.3 Å². The molecule has 0 aliphatic heterocycles. The molecule has 2 N–H and O–H groups in total. The predicted molar refractivity (Wildman–Crippen MR) is 92.3 cm³/mol. The molecule has 0 atom stereocenters. The van der Waals surface area contributed by atoms with Crippen LogP contribution in [0, 0.1) is 6.92 Å². The Labute approximate surface area is 137 Å². The maximum absolute atomic E-state index is 5.24. The van der Waals surface area contributed by atoms with E-state index >= 15 is 0 Å². The molecule has 6 nitrogen and oxygen atoms in total. The van der Waals surface area contributed by atoms with Crippen molar-refractivity contribution in [1.82, 2.24) is 9.97 Å². The van der Waals surface area contributed by atoms with Crippen LogP contribution >= 0.6 is 0 Å². The molecule has 23 heavy (non-hydrogen) atoms. The van der Waals surface area contributed by atoms with Crippen LogP contribution in [0.15, 0.2) is 30.3 Å². The third-order valence-electron chi connectivity index (χ3n) is 3.30. The fraction of sp³-hybridized carbons (Fsp3) is 0.412. The molecule has 0 saturated heterocycles. The number of hydrogen-bond donors (Lipinski definition) is 2. The van der Waals surface area contributed by atoms with E-state index in [-0.39, 0.29) is 0 Å². The van der Waals surface area contributed by atoms with E-state index in [4.69, 9.17) is 9.47 Å². The Balaban J connectivity index is 1.89. The molecule has 0 amide bonds.